The van der Waals surface area contributed by atoms with Gasteiger partial charge in [0.25, 0.3) is 0 Å². The van der Waals surface area contributed by atoms with Gasteiger partial charge in [0.05, 0.1) is 5.75 Å². The minimum Gasteiger partial charge on any atom is -0.286 e. The second kappa shape index (κ2) is 5.51. The molecule has 0 N–H and O–H groups in total. The maximum Gasteiger partial charge on any atom is 0.198 e. The molecule has 0 aliphatic heterocycles. The minimum absolute atomic E-state index is 0.292. The van der Waals surface area contributed by atoms with Gasteiger partial charge in [0.1, 0.15) is 0 Å². The molecular weight excluding hydrogens is 140 g/mol. The Morgan fingerprint density at radius 1 is 1.62 bits per heavy atom. The fourth-order valence-electron chi connectivity index (χ4n) is 0.321. The monoisotopic (exact) mass is 150 g/mol. The molecule has 0 fully saturated rings. The fourth-order valence-corrected chi connectivity index (χ4v) is 1.57. The van der Waals surface area contributed by atoms with Crippen LogP contribution in [0.15, 0.2) is 0 Å². The minimum atomic E-state index is 0.292. The molecule has 0 amide bonds. The van der Waals surface area contributed by atoms with Crippen molar-refractivity contribution in [1.82, 2.24) is 0 Å². The Morgan fingerprint density at radius 2 is 2.25 bits per heavy atom. The van der Waals surface area contributed by atoms with Crippen LogP contribution in [0.2, 0.25) is 0 Å². The van der Waals surface area contributed by atoms with Crippen LogP contribution in [0.4, 0.5) is 0 Å². The van der Waals surface area contributed by atoms with Crippen molar-refractivity contribution in [3.05, 3.63) is 0 Å². The van der Waals surface area contributed by atoms with Crippen molar-refractivity contribution in [3.8, 4) is 0 Å². The smallest absolute Gasteiger partial charge is 0.198 e. The summed E-state index contributed by atoms with van der Waals surface area (Å²) in [5, 5.41) is 0.292. The van der Waals surface area contributed by atoms with E-state index in [1.54, 1.807) is 11.8 Å². The number of rotatable bonds is 3. The van der Waals surface area contributed by atoms with Gasteiger partial charge in [-0.15, -0.1) is 0 Å². The summed E-state index contributed by atoms with van der Waals surface area (Å²) in [5.41, 5.74) is 0. The quantitative estimate of drug-likeness (QED) is 0.608. The summed E-state index contributed by atoms with van der Waals surface area (Å²) in [7, 11) is 0. The van der Waals surface area contributed by atoms with Crippen LogP contribution in [0.3, 0.4) is 0 Å². The van der Waals surface area contributed by atoms with Crippen LogP contribution in [0, 0.1) is 0 Å². The van der Waals surface area contributed by atoms with E-state index in [0.29, 0.717) is 10.9 Å². The Hall–Kier alpha value is 0.370. The average Bonchev–Trinajstić information content (AvgIpc) is 1.68. The summed E-state index contributed by atoms with van der Waals surface area (Å²) in [6.07, 6.45) is 1.94. The molecule has 0 rings (SSSR count). The molecule has 0 aromatic rings. The summed E-state index contributed by atoms with van der Waals surface area (Å²) in [5.74, 6) is 1.55. The average molecular weight is 150 g/mol. The van der Waals surface area contributed by atoms with Crippen LogP contribution in [-0.4, -0.2) is 22.9 Å². The Morgan fingerprint density at radius 3 is 2.62 bits per heavy atom. The largest absolute Gasteiger partial charge is 0.286 e. The third-order valence-corrected chi connectivity index (χ3v) is 2.06. The lowest BCUT2D eigenvalue weighted by Crippen LogP contribution is -1.93. The summed E-state index contributed by atoms with van der Waals surface area (Å²) < 4.78 is 0. The van der Waals surface area contributed by atoms with Crippen LogP contribution >= 0.6 is 23.5 Å². The zero-order chi connectivity index (χ0) is 6.41. The first-order valence-corrected chi connectivity index (χ1v) is 4.83. The van der Waals surface area contributed by atoms with E-state index in [1.165, 1.54) is 11.8 Å². The highest BCUT2D eigenvalue weighted by Crippen LogP contribution is 2.04. The van der Waals surface area contributed by atoms with Crippen molar-refractivity contribution >= 4 is 28.6 Å². The van der Waals surface area contributed by atoms with Crippen LogP contribution < -0.4 is 0 Å². The highest BCUT2D eigenvalue weighted by Gasteiger charge is 1.96. The molecule has 1 nitrogen and oxygen atoms in total. The van der Waals surface area contributed by atoms with Crippen LogP contribution in [0.25, 0.3) is 0 Å². The lowest BCUT2D eigenvalue weighted by atomic mass is 10.9. The predicted octanol–water partition coefficient (Wildman–Crippen LogP) is 1.63. The highest BCUT2D eigenvalue weighted by molar-refractivity contribution is 8.15. The lowest BCUT2D eigenvalue weighted by molar-refractivity contribution is -0.108. The molecule has 0 spiro atoms. The molecule has 3 heteroatoms. The van der Waals surface area contributed by atoms with Crippen molar-refractivity contribution in [2.24, 2.45) is 0 Å². The number of thioether (sulfide) groups is 2. The Kier molecular flexibility index (Phi) is 5.76. The maximum absolute atomic E-state index is 10.6. The molecule has 0 unspecified atom stereocenters. The van der Waals surface area contributed by atoms with Gasteiger partial charge >= 0.3 is 0 Å². The third-order valence-electron chi connectivity index (χ3n) is 0.568. The molecule has 0 saturated carbocycles. The van der Waals surface area contributed by atoms with Crippen molar-refractivity contribution in [2.45, 2.75) is 6.92 Å². The van der Waals surface area contributed by atoms with Gasteiger partial charge in [-0.2, -0.15) is 11.8 Å². The van der Waals surface area contributed by atoms with Crippen molar-refractivity contribution < 1.29 is 4.79 Å². The number of hydrogen-bond acceptors (Lipinski definition) is 3. The molecule has 0 radical (unpaired) electrons. The standard InChI is InChI=1S/C5H10OS2/c1-3-8-5(6)4-7-2/h3-4H2,1-2H3. The molecule has 0 aromatic carbocycles. The summed E-state index contributed by atoms with van der Waals surface area (Å²) in [6.45, 7) is 1.99. The van der Waals surface area contributed by atoms with E-state index < -0.39 is 0 Å². The second-order valence-corrected chi connectivity index (χ2v) is 3.43. The van der Waals surface area contributed by atoms with Gasteiger partial charge in [0.2, 0.25) is 0 Å². The fraction of sp³-hybridized carbons (Fsp3) is 0.800. The van der Waals surface area contributed by atoms with Crippen LogP contribution in [0.1, 0.15) is 6.92 Å². The van der Waals surface area contributed by atoms with Crippen molar-refractivity contribution in [2.75, 3.05) is 17.8 Å². The third kappa shape index (κ3) is 4.53. The number of carbonyl (C=O) groups excluding carboxylic acids is 1. The SMILES string of the molecule is CCSC(=O)CSC. The molecule has 0 heterocycles. The second-order valence-electron chi connectivity index (χ2n) is 1.24. The molecule has 0 aliphatic carbocycles. The Balaban J connectivity index is 3.06. The summed E-state index contributed by atoms with van der Waals surface area (Å²) in [4.78, 5) is 10.6. The van der Waals surface area contributed by atoms with Crippen molar-refractivity contribution in [1.29, 1.82) is 0 Å². The van der Waals surface area contributed by atoms with E-state index in [-0.39, 0.29) is 0 Å². The molecule has 8 heavy (non-hydrogen) atoms. The van der Waals surface area contributed by atoms with E-state index in [4.69, 9.17) is 0 Å². The molecular formula is C5H10OS2. The number of carbonyl (C=O) groups is 1. The normalized spacial score (nSPS) is 9.25. The van der Waals surface area contributed by atoms with Crippen molar-refractivity contribution in [3.63, 3.8) is 0 Å². The van der Waals surface area contributed by atoms with Crippen LogP contribution in [-0.2, 0) is 4.79 Å². The number of hydrogen-bond donors (Lipinski definition) is 0. The molecule has 0 aliphatic rings. The van der Waals surface area contributed by atoms with E-state index in [9.17, 15) is 4.79 Å². The first kappa shape index (κ1) is 8.37. The zero-order valence-electron chi connectivity index (χ0n) is 5.14. The lowest BCUT2D eigenvalue weighted by Gasteiger charge is -1.90. The van der Waals surface area contributed by atoms with Gasteiger partial charge in [0.15, 0.2) is 5.12 Å². The zero-order valence-corrected chi connectivity index (χ0v) is 6.77. The summed E-state index contributed by atoms with van der Waals surface area (Å²) in [6, 6.07) is 0. The van der Waals surface area contributed by atoms with Gasteiger partial charge in [0, 0.05) is 0 Å². The Bertz CT molecular complexity index is 64.8. The van der Waals surface area contributed by atoms with E-state index >= 15 is 0 Å². The Labute approximate surface area is 58.6 Å². The van der Waals surface area contributed by atoms with Gasteiger partial charge in [-0.25, -0.2) is 0 Å². The first-order valence-electron chi connectivity index (χ1n) is 2.45. The first-order chi connectivity index (χ1) is 3.81. The summed E-state index contributed by atoms with van der Waals surface area (Å²) >= 11 is 2.98. The molecule has 0 atom stereocenters. The molecule has 0 bridgehead atoms. The van der Waals surface area contributed by atoms with E-state index in [0.717, 1.165) is 5.75 Å². The van der Waals surface area contributed by atoms with Gasteiger partial charge in [-0.1, -0.05) is 18.7 Å². The topological polar surface area (TPSA) is 17.1 Å². The highest BCUT2D eigenvalue weighted by atomic mass is 32.2. The molecule has 0 aromatic heterocycles. The van der Waals surface area contributed by atoms with E-state index in [1.807, 2.05) is 13.2 Å². The molecule has 0 saturated heterocycles. The predicted molar refractivity (Wildman–Crippen MR) is 41.5 cm³/mol. The van der Waals surface area contributed by atoms with Gasteiger partial charge in [-0.3, -0.25) is 4.79 Å². The maximum atomic E-state index is 10.6. The van der Waals surface area contributed by atoms with E-state index in [2.05, 4.69) is 0 Å². The molecule has 48 valence electrons. The van der Waals surface area contributed by atoms with Gasteiger partial charge in [-0.05, 0) is 12.0 Å². The van der Waals surface area contributed by atoms with Crippen LogP contribution in [0.5, 0.6) is 0 Å². The van der Waals surface area contributed by atoms with Gasteiger partial charge < -0.3 is 0 Å².